The Morgan fingerprint density at radius 3 is 2.95 bits per heavy atom. The van der Waals surface area contributed by atoms with E-state index in [1.807, 2.05) is 6.92 Å². The zero-order valence-electron chi connectivity index (χ0n) is 12.5. The summed E-state index contributed by atoms with van der Waals surface area (Å²) in [4.78, 5) is 12.0. The van der Waals surface area contributed by atoms with Crippen LogP contribution in [0.3, 0.4) is 0 Å². The normalized spacial score (nSPS) is 19.2. The summed E-state index contributed by atoms with van der Waals surface area (Å²) in [6.45, 7) is 4.40. The minimum Gasteiger partial charge on any atom is -0.465 e. The molecule has 2 unspecified atom stereocenters. The molecule has 0 heterocycles. The summed E-state index contributed by atoms with van der Waals surface area (Å²) in [5, 5.41) is 3.52. The minimum absolute atomic E-state index is 0.114. The molecule has 0 saturated carbocycles. The van der Waals surface area contributed by atoms with Crippen molar-refractivity contribution in [3.63, 3.8) is 0 Å². The number of benzene rings is 1. The van der Waals surface area contributed by atoms with E-state index in [9.17, 15) is 4.79 Å². The standard InChI is InChI=1S/C17H25NO2/c1-3-8-16(17(19)20-4-2)18-15-12-7-10-13-9-5-6-11-14(13)15/h5-6,9,11,15-16,18H,3-4,7-8,10,12H2,1-2H3. The molecule has 1 aromatic carbocycles. The van der Waals surface area contributed by atoms with Crippen LogP contribution in [0.4, 0.5) is 0 Å². The Morgan fingerprint density at radius 2 is 2.20 bits per heavy atom. The maximum Gasteiger partial charge on any atom is 0.323 e. The van der Waals surface area contributed by atoms with Crippen LogP contribution in [-0.4, -0.2) is 18.6 Å². The first-order valence-corrected chi connectivity index (χ1v) is 7.76. The van der Waals surface area contributed by atoms with Gasteiger partial charge in [0, 0.05) is 6.04 Å². The minimum atomic E-state index is -0.184. The van der Waals surface area contributed by atoms with Gasteiger partial charge in [-0.1, -0.05) is 37.6 Å². The molecule has 0 aromatic heterocycles. The van der Waals surface area contributed by atoms with Gasteiger partial charge in [0.2, 0.25) is 0 Å². The Labute approximate surface area is 121 Å². The topological polar surface area (TPSA) is 38.3 Å². The fraction of sp³-hybridized carbons (Fsp3) is 0.588. The lowest BCUT2D eigenvalue weighted by Crippen LogP contribution is -2.41. The van der Waals surface area contributed by atoms with Crippen molar-refractivity contribution in [2.75, 3.05) is 6.61 Å². The highest BCUT2D eigenvalue weighted by Crippen LogP contribution is 2.30. The largest absolute Gasteiger partial charge is 0.465 e. The summed E-state index contributed by atoms with van der Waals surface area (Å²) in [5.74, 6) is -0.114. The molecule has 0 saturated heterocycles. The first-order chi connectivity index (χ1) is 9.76. The van der Waals surface area contributed by atoms with Gasteiger partial charge in [-0.15, -0.1) is 0 Å². The molecule has 2 rings (SSSR count). The summed E-state index contributed by atoms with van der Waals surface area (Å²) in [6.07, 6.45) is 5.22. The highest BCUT2D eigenvalue weighted by atomic mass is 16.5. The molecule has 110 valence electrons. The van der Waals surface area contributed by atoms with Crippen LogP contribution >= 0.6 is 0 Å². The van der Waals surface area contributed by atoms with Gasteiger partial charge in [-0.25, -0.2) is 0 Å². The third kappa shape index (κ3) is 3.60. The van der Waals surface area contributed by atoms with Crippen LogP contribution in [0.2, 0.25) is 0 Å². The molecule has 1 aromatic rings. The van der Waals surface area contributed by atoms with E-state index < -0.39 is 0 Å². The SMILES string of the molecule is CCCC(NC1CCCc2ccccc21)C(=O)OCC. The van der Waals surface area contributed by atoms with E-state index in [0.29, 0.717) is 6.61 Å². The Morgan fingerprint density at radius 1 is 1.40 bits per heavy atom. The lowest BCUT2D eigenvalue weighted by molar-refractivity contribution is -0.146. The molecule has 0 amide bonds. The average molecular weight is 275 g/mol. The first kappa shape index (κ1) is 15.0. The fourth-order valence-corrected chi connectivity index (χ4v) is 2.97. The summed E-state index contributed by atoms with van der Waals surface area (Å²) in [5.41, 5.74) is 2.76. The lowest BCUT2D eigenvalue weighted by Gasteiger charge is -2.29. The maximum atomic E-state index is 12.0. The first-order valence-electron chi connectivity index (χ1n) is 7.76. The van der Waals surface area contributed by atoms with E-state index in [0.717, 1.165) is 25.7 Å². The fourth-order valence-electron chi connectivity index (χ4n) is 2.97. The molecule has 1 aliphatic rings. The summed E-state index contributed by atoms with van der Waals surface area (Å²) < 4.78 is 5.18. The quantitative estimate of drug-likeness (QED) is 0.809. The van der Waals surface area contributed by atoms with E-state index in [1.54, 1.807) is 0 Å². The van der Waals surface area contributed by atoms with Crippen LogP contribution in [-0.2, 0) is 16.0 Å². The van der Waals surface area contributed by atoms with Crippen LogP contribution in [0, 0.1) is 0 Å². The van der Waals surface area contributed by atoms with Crippen molar-refractivity contribution in [3.05, 3.63) is 35.4 Å². The Bertz CT molecular complexity index is 444. The zero-order valence-corrected chi connectivity index (χ0v) is 12.5. The monoisotopic (exact) mass is 275 g/mol. The number of ether oxygens (including phenoxy) is 1. The molecule has 0 radical (unpaired) electrons. The third-order valence-corrected chi connectivity index (χ3v) is 3.92. The second kappa shape index (κ2) is 7.44. The van der Waals surface area contributed by atoms with Crippen molar-refractivity contribution >= 4 is 5.97 Å². The molecular formula is C17H25NO2. The Hall–Kier alpha value is -1.35. The number of nitrogens with one attached hydrogen (secondary N) is 1. The van der Waals surface area contributed by atoms with Gasteiger partial charge in [-0.3, -0.25) is 10.1 Å². The van der Waals surface area contributed by atoms with Crippen molar-refractivity contribution in [3.8, 4) is 0 Å². The molecule has 3 nitrogen and oxygen atoms in total. The molecule has 1 aliphatic carbocycles. The van der Waals surface area contributed by atoms with E-state index in [-0.39, 0.29) is 18.1 Å². The van der Waals surface area contributed by atoms with Crippen molar-refractivity contribution in [1.29, 1.82) is 0 Å². The smallest absolute Gasteiger partial charge is 0.323 e. The molecule has 0 bridgehead atoms. The number of rotatable bonds is 6. The number of hydrogen-bond acceptors (Lipinski definition) is 3. The van der Waals surface area contributed by atoms with Gasteiger partial charge < -0.3 is 4.74 Å². The molecule has 20 heavy (non-hydrogen) atoms. The van der Waals surface area contributed by atoms with Gasteiger partial charge in [0.1, 0.15) is 6.04 Å². The number of fused-ring (bicyclic) bond motifs is 1. The molecule has 3 heteroatoms. The Kier molecular flexibility index (Phi) is 5.60. The van der Waals surface area contributed by atoms with E-state index in [1.165, 1.54) is 17.5 Å². The van der Waals surface area contributed by atoms with Gasteiger partial charge in [0.15, 0.2) is 0 Å². The number of carbonyl (C=O) groups is 1. The van der Waals surface area contributed by atoms with Crippen LogP contribution in [0.1, 0.15) is 56.7 Å². The maximum absolute atomic E-state index is 12.0. The van der Waals surface area contributed by atoms with Gasteiger partial charge in [-0.05, 0) is 43.7 Å². The van der Waals surface area contributed by atoms with Crippen LogP contribution in [0.5, 0.6) is 0 Å². The Balaban J connectivity index is 2.09. The number of hydrogen-bond donors (Lipinski definition) is 1. The second-order valence-electron chi connectivity index (χ2n) is 5.40. The highest BCUT2D eigenvalue weighted by Gasteiger charge is 2.26. The van der Waals surface area contributed by atoms with Gasteiger partial charge >= 0.3 is 5.97 Å². The predicted octanol–water partition coefficient (Wildman–Crippen LogP) is 3.39. The van der Waals surface area contributed by atoms with Crippen LogP contribution in [0.15, 0.2) is 24.3 Å². The molecular weight excluding hydrogens is 250 g/mol. The second-order valence-corrected chi connectivity index (χ2v) is 5.40. The molecule has 0 spiro atoms. The number of esters is 1. The molecule has 2 atom stereocenters. The number of carbonyl (C=O) groups excluding carboxylic acids is 1. The molecule has 0 aliphatic heterocycles. The van der Waals surface area contributed by atoms with Gasteiger partial charge in [-0.2, -0.15) is 0 Å². The molecule has 1 N–H and O–H groups in total. The summed E-state index contributed by atoms with van der Waals surface area (Å²) in [7, 11) is 0. The van der Waals surface area contributed by atoms with Gasteiger partial charge in [0.05, 0.1) is 6.61 Å². The average Bonchev–Trinajstić information content (AvgIpc) is 2.47. The summed E-state index contributed by atoms with van der Waals surface area (Å²) >= 11 is 0. The van der Waals surface area contributed by atoms with Crippen LogP contribution < -0.4 is 5.32 Å². The number of aryl methyl sites for hydroxylation is 1. The highest BCUT2D eigenvalue weighted by molar-refractivity contribution is 5.75. The van der Waals surface area contributed by atoms with E-state index >= 15 is 0 Å². The van der Waals surface area contributed by atoms with Crippen molar-refractivity contribution in [2.45, 2.75) is 58.0 Å². The van der Waals surface area contributed by atoms with Crippen LogP contribution in [0.25, 0.3) is 0 Å². The van der Waals surface area contributed by atoms with Crippen molar-refractivity contribution in [2.24, 2.45) is 0 Å². The summed E-state index contributed by atoms with van der Waals surface area (Å²) in [6, 6.07) is 8.65. The van der Waals surface area contributed by atoms with Crippen molar-refractivity contribution < 1.29 is 9.53 Å². The lowest BCUT2D eigenvalue weighted by atomic mass is 9.87. The van der Waals surface area contributed by atoms with Crippen molar-refractivity contribution in [1.82, 2.24) is 5.32 Å². The van der Waals surface area contributed by atoms with Gasteiger partial charge in [0.25, 0.3) is 0 Å². The van der Waals surface area contributed by atoms with E-state index in [4.69, 9.17) is 4.74 Å². The third-order valence-electron chi connectivity index (χ3n) is 3.92. The predicted molar refractivity (Wildman–Crippen MR) is 80.6 cm³/mol. The zero-order chi connectivity index (χ0) is 14.4. The van der Waals surface area contributed by atoms with E-state index in [2.05, 4.69) is 36.5 Å². The molecule has 0 fully saturated rings.